The van der Waals surface area contributed by atoms with Crippen LogP contribution in [-0.4, -0.2) is 35.6 Å². The molecule has 3 rings (SSSR count). The van der Waals surface area contributed by atoms with Gasteiger partial charge in [-0.15, -0.1) is 24.8 Å². The van der Waals surface area contributed by atoms with Crippen LogP contribution in [0.4, 0.5) is 0 Å². The van der Waals surface area contributed by atoms with Crippen molar-refractivity contribution in [3.63, 3.8) is 0 Å². The average Bonchev–Trinajstić information content (AvgIpc) is 2.57. The summed E-state index contributed by atoms with van der Waals surface area (Å²) in [6.45, 7) is 6.69. The van der Waals surface area contributed by atoms with Crippen molar-refractivity contribution < 1.29 is 4.74 Å². The quantitative estimate of drug-likeness (QED) is 0.819. The number of nitrogens with one attached hydrogen (secondary N) is 1. The van der Waals surface area contributed by atoms with Gasteiger partial charge in [0, 0.05) is 60.8 Å². The molecule has 2 heterocycles. The third kappa shape index (κ3) is 6.32. The van der Waals surface area contributed by atoms with Crippen molar-refractivity contribution in [2.45, 2.75) is 26.1 Å². The summed E-state index contributed by atoms with van der Waals surface area (Å²) < 4.78 is 6.01. The van der Waals surface area contributed by atoms with E-state index in [4.69, 9.17) is 16.3 Å². The van der Waals surface area contributed by atoms with Crippen LogP contribution < -0.4 is 10.1 Å². The first-order valence-corrected chi connectivity index (χ1v) is 8.35. The molecule has 0 unspecified atom stereocenters. The van der Waals surface area contributed by atoms with Gasteiger partial charge in [-0.05, 0) is 31.2 Å². The number of benzene rings is 1. The molecule has 1 fully saturated rings. The average molecular weight is 405 g/mol. The molecule has 25 heavy (non-hydrogen) atoms. The fourth-order valence-electron chi connectivity index (χ4n) is 2.79. The van der Waals surface area contributed by atoms with Gasteiger partial charge in [0.05, 0.1) is 0 Å². The molecule has 0 saturated carbocycles. The van der Waals surface area contributed by atoms with Crippen LogP contribution in [0.1, 0.15) is 18.1 Å². The van der Waals surface area contributed by atoms with Crippen molar-refractivity contribution in [3.8, 4) is 5.75 Å². The topological polar surface area (TPSA) is 37.4 Å². The standard InChI is InChI=1S/C18H22ClN3O.2ClH/c1-14-10-21-7-8-22(14)12-16-9-17(19)4-5-18(16)23-13-15-3-2-6-20-11-15;;/h2-6,9,11,14,21H,7-8,10,12-13H2,1H3;2*1H/t14-;;/m0../s1. The van der Waals surface area contributed by atoms with Crippen molar-refractivity contribution in [2.24, 2.45) is 0 Å². The minimum Gasteiger partial charge on any atom is -0.489 e. The number of piperazine rings is 1. The van der Waals surface area contributed by atoms with E-state index in [0.29, 0.717) is 12.6 Å². The summed E-state index contributed by atoms with van der Waals surface area (Å²) in [5.74, 6) is 0.893. The smallest absolute Gasteiger partial charge is 0.124 e. The molecule has 0 bridgehead atoms. The summed E-state index contributed by atoms with van der Waals surface area (Å²) in [5.41, 5.74) is 2.19. The molecule has 0 amide bonds. The van der Waals surface area contributed by atoms with E-state index in [0.717, 1.165) is 48.1 Å². The molecular weight excluding hydrogens is 381 g/mol. The van der Waals surface area contributed by atoms with Gasteiger partial charge in [0.25, 0.3) is 0 Å². The van der Waals surface area contributed by atoms with E-state index < -0.39 is 0 Å². The zero-order chi connectivity index (χ0) is 16.1. The summed E-state index contributed by atoms with van der Waals surface area (Å²) in [6, 6.07) is 10.3. The monoisotopic (exact) mass is 403 g/mol. The predicted molar refractivity (Wildman–Crippen MR) is 107 cm³/mol. The van der Waals surface area contributed by atoms with Crippen LogP contribution in [0.25, 0.3) is 0 Å². The van der Waals surface area contributed by atoms with Gasteiger partial charge >= 0.3 is 0 Å². The number of ether oxygens (including phenoxy) is 1. The van der Waals surface area contributed by atoms with E-state index in [1.807, 2.05) is 36.5 Å². The number of nitrogens with zero attached hydrogens (tertiary/aromatic N) is 2. The third-order valence-electron chi connectivity index (χ3n) is 4.15. The fraction of sp³-hybridized carbons (Fsp3) is 0.389. The van der Waals surface area contributed by atoms with Gasteiger partial charge in [0.2, 0.25) is 0 Å². The van der Waals surface area contributed by atoms with E-state index in [2.05, 4.69) is 22.1 Å². The normalized spacial score (nSPS) is 17.3. The highest BCUT2D eigenvalue weighted by Gasteiger charge is 2.19. The molecule has 1 saturated heterocycles. The van der Waals surface area contributed by atoms with Gasteiger partial charge in [0.15, 0.2) is 0 Å². The number of halogens is 3. The Bertz CT molecular complexity index is 643. The van der Waals surface area contributed by atoms with E-state index in [9.17, 15) is 0 Å². The molecule has 4 nitrogen and oxygen atoms in total. The molecule has 1 aliphatic rings. The summed E-state index contributed by atoms with van der Waals surface area (Å²) in [6.07, 6.45) is 3.59. The van der Waals surface area contributed by atoms with Gasteiger partial charge in [-0.1, -0.05) is 17.7 Å². The highest BCUT2D eigenvalue weighted by atomic mass is 35.5. The number of hydrogen-bond acceptors (Lipinski definition) is 4. The van der Waals surface area contributed by atoms with Crippen LogP contribution in [0, 0.1) is 0 Å². The predicted octanol–water partition coefficient (Wildman–Crippen LogP) is 3.95. The van der Waals surface area contributed by atoms with Gasteiger partial charge in [-0.2, -0.15) is 0 Å². The summed E-state index contributed by atoms with van der Waals surface area (Å²) in [4.78, 5) is 6.58. The van der Waals surface area contributed by atoms with Gasteiger partial charge in [-0.25, -0.2) is 0 Å². The Morgan fingerprint density at radius 3 is 2.88 bits per heavy atom. The lowest BCUT2D eigenvalue weighted by atomic mass is 10.1. The van der Waals surface area contributed by atoms with Crippen molar-refractivity contribution in [1.82, 2.24) is 15.2 Å². The van der Waals surface area contributed by atoms with Crippen LogP contribution >= 0.6 is 36.4 Å². The molecule has 7 heteroatoms. The van der Waals surface area contributed by atoms with Crippen LogP contribution in [0.5, 0.6) is 5.75 Å². The van der Waals surface area contributed by atoms with E-state index >= 15 is 0 Å². The van der Waals surface area contributed by atoms with Crippen LogP contribution in [0.2, 0.25) is 5.02 Å². The maximum absolute atomic E-state index is 6.19. The minimum absolute atomic E-state index is 0. The summed E-state index contributed by atoms with van der Waals surface area (Å²) in [5, 5.41) is 4.16. The maximum Gasteiger partial charge on any atom is 0.124 e. The van der Waals surface area contributed by atoms with E-state index in [1.54, 1.807) is 6.20 Å². The zero-order valence-corrected chi connectivity index (χ0v) is 16.5. The first kappa shape index (κ1) is 22.0. The molecule has 138 valence electrons. The second-order valence-electron chi connectivity index (χ2n) is 5.93. The first-order valence-electron chi connectivity index (χ1n) is 7.97. The largest absolute Gasteiger partial charge is 0.489 e. The van der Waals surface area contributed by atoms with Crippen molar-refractivity contribution >= 4 is 36.4 Å². The number of hydrogen-bond donors (Lipinski definition) is 1. The lowest BCUT2D eigenvalue weighted by molar-refractivity contribution is 0.163. The Morgan fingerprint density at radius 1 is 1.32 bits per heavy atom. The molecule has 1 aliphatic heterocycles. The first-order chi connectivity index (χ1) is 11.2. The van der Waals surface area contributed by atoms with Gasteiger partial charge in [-0.3, -0.25) is 9.88 Å². The Morgan fingerprint density at radius 2 is 2.16 bits per heavy atom. The van der Waals surface area contributed by atoms with Crippen LogP contribution in [0.15, 0.2) is 42.7 Å². The van der Waals surface area contributed by atoms with Crippen LogP contribution in [-0.2, 0) is 13.2 Å². The van der Waals surface area contributed by atoms with Gasteiger partial charge < -0.3 is 10.1 Å². The molecule has 2 aromatic rings. The molecule has 0 spiro atoms. The fourth-order valence-corrected chi connectivity index (χ4v) is 2.99. The Kier molecular flexibility index (Phi) is 9.54. The molecule has 1 N–H and O–H groups in total. The molecular formula is C18H24Cl3N3O. The SMILES string of the molecule is C[C@H]1CNCCN1Cc1cc(Cl)ccc1OCc1cccnc1.Cl.Cl. The second kappa shape index (κ2) is 10.8. The van der Waals surface area contributed by atoms with Crippen molar-refractivity contribution in [1.29, 1.82) is 0 Å². The van der Waals surface area contributed by atoms with Crippen molar-refractivity contribution in [3.05, 3.63) is 58.9 Å². The van der Waals surface area contributed by atoms with E-state index in [1.165, 1.54) is 0 Å². The highest BCUT2D eigenvalue weighted by Crippen LogP contribution is 2.26. The number of rotatable bonds is 5. The zero-order valence-electron chi connectivity index (χ0n) is 14.2. The second-order valence-corrected chi connectivity index (χ2v) is 6.36. The lowest BCUT2D eigenvalue weighted by Crippen LogP contribution is -2.49. The highest BCUT2D eigenvalue weighted by molar-refractivity contribution is 6.30. The maximum atomic E-state index is 6.19. The molecule has 1 atom stereocenters. The molecule has 1 aromatic heterocycles. The van der Waals surface area contributed by atoms with E-state index in [-0.39, 0.29) is 24.8 Å². The lowest BCUT2D eigenvalue weighted by Gasteiger charge is -2.34. The van der Waals surface area contributed by atoms with Crippen molar-refractivity contribution in [2.75, 3.05) is 19.6 Å². The summed E-state index contributed by atoms with van der Waals surface area (Å²) in [7, 11) is 0. The minimum atomic E-state index is 0. The Balaban J connectivity index is 0.00000156. The molecule has 0 aliphatic carbocycles. The van der Waals surface area contributed by atoms with Gasteiger partial charge in [0.1, 0.15) is 12.4 Å². The molecule has 0 radical (unpaired) electrons. The summed E-state index contributed by atoms with van der Waals surface area (Å²) >= 11 is 6.19. The number of pyridine rings is 1. The third-order valence-corrected chi connectivity index (χ3v) is 4.39. The van der Waals surface area contributed by atoms with Crippen LogP contribution in [0.3, 0.4) is 0 Å². The molecule has 1 aromatic carbocycles. The Labute approximate surface area is 166 Å². The number of aromatic nitrogens is 1. The Hall–Kier alpha value is -1.04.